The molecule has 1 aromatic rings. The van der Waals surface area contributed by atoms with Gasteiger partial charge in [0.05, 0.1) is 10.3 Å². The van der Waals surface area contributed by atoms with Crippen LogP contribution in [-0.2, 0) is 4.79 Å². The lowest BCUT2D eigenvalue weighted by Gasteiger charge is -2.27. The molecule has 2 atom stereocenters. The van der Waals surface area contributed by atoms with Crippen LogP contribution in [0.5, 0.6) is 0 Å². The standard InChI is InChI=1S/C10H13NOS2/c1-6-5-9(11-7(2)12)8-3-4-13-10(8)14-6/h3-4,6,9H,5H2,1-2H3,(H,11,12)/t6?,9-/m0/s1. The predicted octanol–water partition coefficient (Wildman–Crippen LogP) is 2.81. The molecule has 0 radical (unpaired) electrons. The van der Waals surface area contributed by atoms with E-state index in [1.165, 1.54) is 9.77 Å². The molecule has 1 aliphatic heterocycles. The average Bonchev–Trinajstić information content (AvgIpc) is 2.50. The van der Waals surface area contributed by atoms with Gasteiger partial charge in [0.25, 0.3) is 0 Å². The summed E-state index contributed by atoms with van der Waals surface area (Å²) >= 11 is 3.69. The van der Waals surface area contributed by atoms with E-state index in [0.717, 1.165) is 6.42 Å². The summed E-state index contributed by atoms with van der Waals surface area (Å²) in [5.74, 6) is 0.0613. The number of thiophene rings is 1. The fourth-order valence-corrected chi connectivity index (χ4v) is 4.30. The highest BCUT2D eigenvalue weighted by Crippen LogP contribution is 2.43. The molecule has 0 bridgehead atoms. The molecule has 4 heteroatoms. The van der Waals surface area contributed by atoms with Crippen molar-refractivity contribution in [3.8, 4) is 0 Å². The number of amides is 1. The zero-order chi connectivity index (χ0) is 10.1. The van der Waals surface area contributed by atoms with Crippen LogP contribution in [0, 0.1) is 0 Å². The first kappa shape index (κ1) is 10.1. The van der Waals surface area contributed by atoms with Crippen LogP contribution in [0.3, 0.4) is 0 Å². The van der Waals surface area contributed by atoms with Gasteiger partial charge in [-0.05, 0) is 23.4 Å². The van der Waals surface area contributed by atoms with Crippen molar-refractivity contribution < 1.29 is 4.79 Å². The summed E-state index contributed by atoms with van der Waals surface area (Å²) in [5.41, 5.74) is 1.30. The Morgan fingerprint density at radius 1 is 1.64 bits per heavy atom. The van der Waals surface area contributed by atoms with Gasteiger partial charge in [-0.3, -0.25) is 4.79 Å². The zero-order valence-electron chi connectivity index (χ0n) is 8.24. The van der Waals surface area contributed by atoms with E-state index in [1.807, 2.05) is 11.8 Å². The van der Waals surface area contributed by atoms with E-state index in [2.05, 4.69) is 23.7 Å². The van der Waals surface area contributed by atoms with Gasteiger partial charge in [-0.25, -0.2) is 0 Å². The third kappa shape index (κ3) is 1.96. The number of carbonyl (C=O) groups excluding carboxylic acids is 1. The topological polar surface area (TPSA) is 29.1 Å². The molecule has 1 amide bonds. The second-order valence-electron chi connectivity index (χ2n) is 3.58. The first-order valence-corrected chi connectivity index (χ1v) is 6.44. The lowest BCUT2D eigenvalue weighted by atomic mass is 10.1. The van der Waals surface area contributed by atoms with Gasteiger partial charge in [0.2, 0.25) is 5.91 Å². The molecular formula is C10H13NOS2. The molecule has 0 aromatic carbocycles. The van der Waals surface area contributed by atoms with Gasteiger partial charge < -0.3 is 5.32 Å². The van der Waals surface area contributed by atoms with Crippen LogP contribution in [0.4, 0.5) is 0 Å². The number of thioether (sulfide) groups is 1. The fourth-order valence-electron chi connectivity index (χ4n) is 1.73. The Balaban J connectivity index is 2.23. The van der Waals surface area contributed by atoms with Crippen LogP contribution in [0.15, 0.2) is 15.7 Å². The smallest absolute Gasteiger partial charge is 0.217 e. The van der Waals surface area contributed by atoms with Crippen LogP contribution in [0.25, 0.3) is 0 Å². The maximum absolute atomic E-state index is 11.0. The number of rotatable bonds is 1. The molecule has 0 saturated heterocycles. The van der Waals surface area contributed by atoms with E-state index in [9.17, 15) is 4.79 Å². The van der Waals surface area contributed by atoms with Crippen molar-refractivity contribution in [1.29, 1.82) is 0 Å². The monoisotopic (exact) mass is 227 g/mol. The summed E-state index contributed by atoms with van der Waals surface area (Å²) in [7, 11) is 0. The molecule has 1 unspecified atom stereocenters. The highest BCUT2D eigenvalue weighted by Gasteiger charge is 2.26. The summed E-state index contributed by atoms with van der Waals surface area (Å²) in [6, 6.07) is 2.35. The zero-order valence-corrected chi connectivity index (χ0v) is 9.87. The van der Waals surface area contributed by atoms with Crippen molar-refractivity contribution in [2.24, 2.45) is 0 Å². The van der Waals surface area contributed by atoms with E-state index in [1.54, 1.807) is 18.3 Å². The minimum absolute atomic E-state index is 0.0613. The van der Waals surface area contributed by atoms with Crippen LogP contribution in [0.1, 0.15) is 31.9 Å². The van der Waals surface area contributed by atoms with Crippen molar-refractivity contribution in [3.63, 3.8) is 0 Å². The third-order valence-electron chi connectivity index (χ3n) is 2.29. The lowest BCUT2D eigenvalue weighted by molar-refractivity contribution is -0.119. The van der Waals surface area contributed by atoms with Gasteiger partial charge in [0, 0.05) is 12.2 Å². The Bertz CT molecular complexity index is 348. The van der Waals surface area contributed by atoms with E-state index in [0.29, 0.717) is 5.25 Å². The van der Waals surface area contributed by atoms with E-state index >= 15 is 0 Å². The Morgan fingerprint density at radius 3 is 3.14 bits per heavy atom. The van der Waals surface area contributed by atoms with Crippen LogP contribution < -0.4 is 5.32 Å². The molecule has 0 spiro atoms. The Morgan fingerprint density at radius 2 is 2.43 bits per heavy atom. The normalized spacial score (nSPS) is 25.6. The molecule has 1 aromatic heterocycles. The molecule has 0 aliphatic carbocycles. The quantitative estimate of drug-likeness (QED) is 0.799. The Hall–Kier alpha value is -0.480. The van der Waals surface area contributed by atoms with E-state index in [4.69, 9.17) is 0 Å². The largest absolute Gasteiger partial charge is 0.349 e. The maximum Gasteiger partial charge on any atom is 0.217 e. The first-order chi connectivity index (χ1) is 6.66. The van der Waals surface area contributed by atoms with Crippen LogP contribution >= 0.6 is 23.1 Å². The molecule has 1 aliphatic rings. The minimum atomic E-state index is 0.0613. The Kier molecular flexibility index (Phi) is 2.83. The molecule has 2 heterocycles. The highest BCUT2D eigenvalue weighted by molar-refractivity contribution is 8.01. The highest BCUT2D eigenvalue weighted by atomic mass is 32.2. The fraction of sp³-hybridized carbons (Fsp3) is 0.500. The van der Waals surface area contributed by atoms with Gasteiger partial charge in [-0.15, -0.1) is 23.1 Å². The van der Waals surface area contributed by atoms with E-state index < -0.39 is 0 Å². The minimum Gasteiger partial charge on any atom is -0.349 e. The van der Waals surface area contributed by atoms with Crippen molar-refractivity contribution in [3.05, 3.63) is 17.0 Å². The summed E-state index contributed by atoms with van der Waals surface area (Å²) in [6.45, 7) is 3.79. The number of carbonyl (C=O) groups is 1. The predicted molar refractivity (Wildman–Crippen MR) is 60.8 cm³/mol. The van der Waals surface area contributed by atoms with Gasteiger partial charge >= 0.3 is 0 Å². The third-order valence-corrected chi connectivity index (χ3v) is 4.63. The molecule has 14 heavy (non-hydrogen) atoms. The van der Waals surface area contributed by atoms with Crippen LogP contribution in [-0.4, -0.2) is 11.2 Å². The van der Waals surface area contributed by atoms with E-state index in [-0.39, 0.29) is 11.9 Å². The number of nitrogens with one attached hydrogen (secondary N) is 1. The first-order valence-electron chi connectivity index (χ1n) is 4.68. The van der Waals surface area contributed by atoms with Crippen molar-refractivity contribution >= 4 is 29.0 Å². The molecule has 0 fully saturated rings. The molecule has 2 rings (SSSR count). The van der Waals surface area contributed by atoms with Crippen molar-refractivity contribution in [2.75, 3.05) is 0 Å². The molecule has 76 valence electrons. The number of fused-ring (bicyclic) bond motifs is 1. The number of hydrogen-bond donors (Lipinski definition) is 1. The molecular weight excluding hydrogens is 214 g/mol. The molecule has 1 N–H and O–H groups in total. The average molecular weight is 227 g/mol. The summed E-state index contributed by atoms with van der Waals surface area (Å²) < 4.78 is 1.36. The lowest BCUT2D eigenvalue weighted by Crippen LogP contribution is -2.29. The summed E-state index contributed by atoms with van der Waals surface area (Å²) in [4.78, 5) is 11.0. The van der Waals surface area contributed by atoms with Gasteiger partial charge in [-0.2, -0.15) is 0 Å². The van der Waals surface area contributed by atoms with Crippen LogP contribution in [0.2, 0.25) is 0 Å². The van der Waals surface area contributed by atoms with Crippen molar-refractivity contribution in [1.82, 2.24) is 5.32 Å². The number of hydrogen-bond acceptors (Lipinski definition) is 3. The molecule has 0 saturated carbocycles. The summed E-state index contributed by atoms with van der Waals surface area (Å²) in [5, 5.41) is 5.71. The second kappa shape index (κ2) is 3.95. The summed E-state index contributed by atoms with van der Waals surface area (Å²) in [6.07, 6.45) is 1.04. The SMILES string of the molecule is CC(=O)N[C@H]1CC(C)Sc2sccc21. The van der Waals surface area contributed by atoms with Gasteiger partial charge in [0.1, 0.15) is 0 Å². The van der Waals surface area contributed by atoms with Crippen molar-refractivity contribution in [2.45, 2.75) is 35.8 Å². The maximum atomic E-state index is 11.0. The van der Waals surface area contributed by atoms with Gasteiger partial charge in [-0.1, -0.05) is 6.92 Å². The second-order valence-corrected chi connectivity index (χ2v) is 6.20. The van der Waals surface area contributed by atoms with Gasteiger partial charge in [0.15, 0.2) is 0 Å². The molecule has 2 nitrogen and oxygen atoms in total. The Labute approximate surface area is 92.1 Å².